The Labute approximate surface area is 175 Å². The summed E-state index contributed by atoms with van der Waals surface area (Å²) in [5, 5.41) is 3.46. The molecule has 1 atom stereocenters. The summed E-state index contributed by atoms with van der Waals surface area (Å²) in [5.41, 5.74) is 1.24. The lowest BCUT2D eigenvalue weighted by atomic mass is 9.95. The molecule has 7 heteroatoms. The second kappa shape index (κ2) is 9.65. The number of benzene rings is 2. The van der Waals surface area contributed by atoms with Crippen molar-refractivity contribution in [1.29, 1.82) is 0 Å². The summed E-state index contributed by atoms with van der Waals surface area (Å²) < 4.78 is 16.5. The van der Waals surface area contributed by atoms with Crippen LogP contribution in [0.4, 0.5) is 0 Å². The maximum absolute atomic E-state index is 12.4. The number of amides is 1. The Hall–Kier alpha value is -2.73. The van der Waals surface area contributed by atoms with E-state index in [1.807, 2.05) is 32.0 Å². The first-order valence-electron chi connectivity index (χ1n) is 9.55. The van der Waals surface area contributed by atoms with Crippen molar-refractivity contribution in [1.82, 2.24) is 5.32 Å². The predicted molar refractivity (Wildman–Crippen MR) is 110 cm³/mol. The van der Waals surface area contributed by atoms with Crippen molar-refractivity contribution in [3.8, 4) is 11.5 Å². The third-order valence-corrected chi connectivity index (χ3v) is 4.78. The number of carbonyl (C=O) groups is 2. The van der Waals surface area contributed by atoms with Crippen LogP contribution in [0, 0.1) is 5.92 Å². The molecule has 0 aliphatic carbocycles. The van der Waals surface area contributed by atoms with Crippen molar-refractivity contribution in [2.24, 2.45) is 5.92 Å². The molecule has 0 unspecified atom stereocenters. The minimum atomic E-state index is -0.575. The van der Waals surface area contributed by atoms with E-state index in [1.54, 1.807) is 24.3 Å². The average molecular weight is 418 g/mol. The Morgan fingerprint density at radius 1 is 1.07 bits per heavy atom. The summed E-state index contributed by atoms with van der Waals surface area (Å²) in [5.74, 6) is 0.549. The fraction of sp³-hybridized carbons (Fsp3) is 0.364. The number of fused-ring (bicyclic) bond motifs is 1. The van der Waals surface area contributed by atoms with E-state index in [2.05, 4.69) is 5.32 Å². The third kappa shape index (κ3) is 5.64. The second-order valence-electron chi connectivity index (χ2n) is 7.13. The van der Waals surface area contributed by atoms with Crippen LogP contribution in [-0.2, 0) is 9.53 Å². The molecule has 154 valence electrons. The highest BCUT2D eigenvalue weighted by atomic mass is 35.5. The number of halogens is 1. The molecule has 2 aromatic rings. The van der Waals surface area contributed by atoms with Crippen LogP contribution in [0.15, 0.2) is 42.5 Å². The molecular formula is C22H24ClNO5. The van der Waals surface area contributed by atoms with E-state index in [0.717, 1.165) is 12.0 Å². The summed E-state index contributed by atoms with van der Waals surface area (Å²) in [6.07, 6.45) is 0.827. The van der Waals surface area contributed by atoms with Crippen LogP contribution >= 0.6 is 11.6 Å². The van der Waals surface area contributed by atoms with Gasteiger partial charge in [0.1, 0.15) is 0 Å². The fourth-order valence-electron chi connectivity index (χ4n) is 3.02. The van der Waals surface area contributed by atoms with Crippen LogP contribution in [-0.4, -0.2) is 31.7 Å². The molecule has 0 fully saturated rings. The summed E-state index contributed by atoms with van der Waals surface area (Å²) >= 11 is 5.81. The number of carbonyl (C=O) groups excluding carboxylic acids is 2. The lowest BCUT2D eigenvalue weighted by molar-refractivity contribution is -0.125. The first-order chi connectivity index (χ1) is 13.9. The number of hydrogen-bond donors (Lipinski definition) is 1. The van der Waals surface area contributed by atoms with Crippen LogP contribution < -0.4 is 14.8 Å². The molecule has 1 aliphatic rings. The molecule has 0 saturated carbocycles. The van der Waals surface area contributed by atoms with Crippen LogP contribution in [0.3, 0.4) is 0 Å². The van der Waals surface area contributed by atoms with Crippen molar-refractivity contribution in [2.75, 3.05) is 19.8 Å². The lowest BCUT2D eigenvalue weighted by Gasteiger charge is -2.23. The monoisotopic (exact) mass is 417 g/mol. The van der Waals surface area contributed by atoms with Gasteiger partial charge < -0.3 is 19.5 Å². The summed E-state index contributed by atoms with van der Waals surface area (Å²) in [6.45, 7) is 4.86. The summed E-state index contributed by atoms with van der Waals surface area (Å²) in [4.78, 5) is 24.5. The van der Waals surface area contributed by atoms with Gasteiger partial charge in [0.2, 0.25) is 0 Å². The third-order valence-electron chi connectivity index (χ3n) is 4.53. The molecule has 2 aromatic carbocycles. The van der Waals surface area contributed by atoms with Crippen molar-refractivity contribution < 1.29 is 23.8 Å². The highest BCUT2D eigenvalue weighted by molar-refractivity contribution is 6.30. The zero-order chi connectivity index (χ0) is 20.8. The standard InChI is InChI=1S/C22H24ClNO5/c1-14(2)21(16-6-9-18-19(12-16)28-11-3-10-27-18)24-20(25)13-29-22(26)15-4-7-17(23)8-5-15/h4-9,12,14,21H,3,10-11,13H2,1-2H3,(H,24,25)/t21-/m0/s1. The quantitative estimate of drug-likeness (QED) is 0.714. The second-order valence-corrected chi connectivity index (χ2v) is 7.57. The maximum Gasteiger partial charge on any atom is 0.338 e. The Balaban J connectivity index is 1.63. The first-order valence-corrected chi connectivity index (χ1v) is 9.93. The molecule has 1 amide bonds. The summed E-state index contributed by atoms with van der Waals surface area (Å²) in [7, 11) is 0. The molecule has 3 rings (SSSR count). The normalized spacial score (nSPS) is 14.1. The Morgan fingerprint density at radius 2 is 1.76 bits per heavy atom. The van der Waals surface area contributed by atoms with Crippen molar-refractivity contribution in [3.05, 3.63) is 58.6 Å². The number of nitrogens with one attached hydrogen (secondary N) is 1. The topological polar surface area (TPSA) is 73.9 Å². The predicted octanol–water partition coefficient (Wildman–Crippen LogP) is 4.17. The smallest absolute Gasteiger partial charge is 0.338 e. The molecule has 0 saturated heterocycles. The zero-order valence-electron chi connectivity index (χ0n) is 16.4. The van der Waals surface area contributed by atoms with Gasteiger partial charge in [-0.3, -0.25) is 4.79 Å². The van der Waals surface area contributed by atoms with Gasteiger partial charge in [0.15, 0.2) is 18.1 Å². The van der Waals surface area contributed by atoms with E-state index in [-0.39, 0.29) is 24.5 Å². The van der Waals surface area contributed by atoms with Gasteiger partial charge in [-0.25, -0.2) is 4.79 Å². The highest BCUT2D eigenvalue weighted by Crippen LogP contribution is 2.34. The molecule has 1 heterocycles. The molecular weight excluding hydrogens is 394 g/mol. The van der Waals surface area contributed by atoms with E-state index in [1.165, 1.54) is 0 Å². The van der Waals surface area contributed by atoms with E-state index in [4.69, 9.17) is 25.8 Å². The molecule has 0 radical (unpaired) electrons. The molecule has 0 bridgehead atoms. The number of rotatable bonds is 6. The zero-order valence-corrected chi connectivity index (χ0v) is 17.2. The molecule has 6 nitrogen and oxygen atoms in total. The van der Waals surface area contributed by atoms with Crippen LogP contribution in [0.5, 0.6) is 11.5 Å². The van der Waals surface area contributed by atoms with E-state index in [9.17, 15) is 9.59 Å². The number of ether oxygens (including phenoxy) is 3. The lowest BCUT2D eigenvalue weighted by Crippen LogP contribution is -2.35. The SMILES string of the molecule is CC(C)[C@H](NC(=O)COC(=O)c1ccc(Cl)cc1)c1ccc2c(c1)OCCCO2. The maximum atomic E-state index is 12.4. The van der Waals surface area contributed by atoms with Gasteiger partial charge in [0, 0.05) is 11.4 Å². The number of esters is 1. The number of hydrogen-bond acceptors (Lipinski definition) is 5. The van der Waals surface area contributed by atoms with Crippen molar-refractivity contribution >= 4 is 23.5 Å². The molecule has 0 spiro atoms. The van der Waals surface area contributed by atoms with Gasteiger partial charge in [-0.1, -0.05) is 31.5 Å². The minimum Gasteiger partial charge on any atom is -0.490 e. The van der Waals surface area contributed by atoms with Crippen LogP contribution in [0.1, 0.15) is 42.2 Å². The first kappa shape index (κ1) is 21.0. The van der Waals surface area contributed by atoms with Gasteiger partial charge in [-0.15, -0.1) is 0 Å². The Morgan fingerprint density at radius 3 is 2.45 bits per heavy atom. The summed E-state index contributed by atoms with van der Waals surface area (Å²) in [6, 6.07) is 11.7. The van der Waals surface area contributed by atoms with E-state index < -0.39 is 5.97 Å². The fourth-order valence-corrected chi connectivity index (χ4v) is 3.15. The molecule has 1 aliphatic heterocycles. The minimum absolute atomic E-state index is 0.121. The Kier molecular flexibility index (Phi) is 6.99. The van der Waals surface area contributed by atoms with E-state index >= 15 is 0 Å². The largest absolute Gasteiger partial charge is 0.490 e. The van der Waals surface area contributed by atoms with Gasteiger partial charge in [0.25, 0.3) is 5.91 Å². The van der Waals surface area contributed by atoms with Crippen molar-refractivity contribution in [3.63, 3.8) is 0 Å². The van der Waals surface area contributed by atoms with Crippen LogP contribution in [0.25, 0.3) is 0 Å². The molecule has 1 N–H and O–H groups in total. The van der Waals surface area contributed by atoms with Gasteiger partial charge in [-0.2, -0.15) is 0 Å². The van der Waals surface area contributed by atoms with E-state index in [0.29, 0.717) is 35.3 Å². The highest BCUT2D eigenvalue weighted by Gasteiger charge is 2.22. The van der Waals surface area contributed by atoms with Crippen LogP contribution in [0.2, 0.25) is 5.02 Å². The molecule has 0 aromatic heterocycles. The average Bonchev–Trinajstić information content (AvgIpc) is 2.95. The van der Waals surface area contributed by atoms with Gasteiger partial charge >= 0.3 is 5.97 Å². The Bertz CT molecular complexity index is 866. The van der Waals surface area contributed by atoms with Crippen molar-refractivity contribution in [2.45, 2.75) is 26.3 Å². The van der Waals surface area contributed by atoms with Gasteiger partial charge in [0.05, 0.1) is 24.8 Å². The molecule has 29 heavy (non-hydrogen) atoms. The van der Waals surface area contributed by atoms with Gasteiger partial charge in [-0.05, 0) is 47.9 Å².